The number of carboxylic acid groups (broad SMARTS) is 1. The number of aromatic carboxylic acids is 1. The fourth-order valence-electron chi connectivity index (χ4n) is 1.50. The van der Waals surface area contributed by atoms with E-state index in [2.05, 4.69) is 4.72 Å². The number of benzene rings is 1. The number of hydrogen-bond acceptors (Lipinski definition) is 5. The van der Waals surface area contributed by atoms with Gasteiger partial charge in [0.15, 0.2) is 0 Å². The van der Waals surface area contributed by atoms with E-state index in [0.717, 1.165) is 29.5 Å². The number of sulfonamides is 1. The van der Waals surface area contributed by atoms with Crippen molar-refractivity contribution in [3.05, 3.63) is 46.6 Å². The van der Waals surface area contributed by atoms with Crippen LogP contribution in [-0.2, 0) is 10.0 Å². The molecule has 0 atom stereocenters. The Morgan fingerprint density at radius 2 is 2.05 bits per heavy atom. The summed E-state index contributed by atoms with van der Waals surface area (Å²) in [5.74, 6) is -2.26. The highest BCUT2D eigenvalue weighted by Crippen LogP contribution is 2.25. The molecule has 2 N–H and O–H groups in total. The summed E-state index contributed by atoms with van der Waals surface area (Å²) in [6.45, 7) is 0. The zero-order chi connectivity index (χ0) is 15.6. The molecule has 0 spiro atoms. The van der Waals surface area contributed by atoms with E-state index < -0.39 is 27.4 Å². The topological polar surface area (TPSA) is 107 Å². The Morgan fingerprint density at radius 1 is 1.33 bits per heavy atom. The molecule has 1 heterocycles. The Kier molecular flexibility index (Phi) is 3.93. The second-order valence-corrected chi connectivity index (χ2v) is 6.82. The van der Waals surface area contributed by atoms with Crippen LogP contribution in [0, 0.1) is 17.1 Å². The van der Waals surface area contributed by atoms with Gasteiger partial charge in [0.2, 0.25) is 0 Å². The number of rotatable bonds is 4. The largest absolute Gasteiger partial charge is 0.478 e. The molecule has 1 aromatic heterocycles. The Labute approximate surface area is 123 Å². The lowest BCUT2D eigenvalue weighted by molar-refractivity contribution is 0.0697. The molecule has 0 radical (unpaired) electrons. The smallest absolute Gasteiger partial charge is 0.337 e. The molecule has 21 heavy (non-hydrogen) atoms. The van der Waals surface area contributed by atoms with E-state index in [0.29, 0.717) is 0 Å². The van der Waals surface area contributed by atoms with Gasteiger partial charge in [-0.05, 0) is 30.3 Å². The fraction of sp³-hybridized carbons (Fsp3) is 0. The van der Waals surface area contributed by atoms with Crippen molar-refractivity contribution in [3.8, 4) is 6.07 Å². The Morgan fingerprint density at radius 3 is 2.62 bits per heavy atom. The lowest BCUT2D eigenvalue weighted by Gasteiger charge is -2.09. The summed E-state index contributed by atoms with van der Waals surface area (Å²) in [4.78, 5) is 11.2. The van der Waals surface area contributed by atoms with Gasteiger partial charge in [0.1, 0.15) is 21.0 Å². The summed E-state index contributed by atoms with van der Waals surface area (Å²) in [7, 11) is -4.04. The fourth-order valence-corrected chi connectivity index (χ4v) is 3.69. The summed E-state index contributed by atoms with van der Waals surface area (Å²) in [5.41, 5.74) is -0.758. The van der Waals surface area contributed by atoms with Gasteiger partial charge in [-0.15, -0.1) is 11.3 Å². The number of anilines is 1. The van der Waals surface area contributed by atoms with Crippen molar-refractivity contribution < 1.29 is 22.7 Å². The van der Waals surface area contributed by atoms with Crippen molar-refractivity contribution >= 4 is 33.0 Å². The highest BCUT2D eigenvalue weighted by Gasteiger charge is 2.20. The second-order valence-electron chi connectivity index (χ2n) is 3.83. The monoisotopic (exact) mass is 326 g/mol. The van der Waals surface area contributed by atoms with Crippen LogP contribution in [-0.4, -0.2) is 19.5 Å². The van der Waals surface area contributed by atoms with Crippen LogP contribution in [0.4, 0.5) is 10.1 Å². The van der Waals surface area contributed by atoms with Crippen molar-refractivity contribution in [2.45, 2.75) is 4.21 Å². The van der Waals surface area contributed by atoms with Crippen LogP contribution in [0.1, 0.15) is 15.2 Å². The first-order chi connectivity index (χ1) is 9.83. The van der Waals surface area contributed by atoms with Crippen LogP contribution in [0.5, 0.6) is 0 Å². The van der Waals surface area contributed by atoms with E-state index in [4.69, 9.17) is 10.4 Å². The molecule has 9 heteroatoms. The van der Waals surface area contributed by atoms with Crippen LogP contribution in [0.2, 0.25) is 0 Å². The quantitative estimate of drug-likeness (QED) is 0.896. The zero-order valence-electron chi connectivity index (χ0n) is 10.2. The van der Waals surface area contributed by atoms with Gasteiger partial charge >= 0.3 is 5.97 Å². The van der Waals surface area contributed by atoms with E-state index in [9.17, 15) is 17.6 Å². The second kappa shape index (κ2) is 5.51. The van der Waals surface area contributed by atoms with Gasteiger partial charge < -0.3 is 5.11 Å². The molecule has 0 aliphatic rings. The van der Waals surface area contributed by atoms with Gasteiger partial charge in [-0.3, -0.25) is 4.72 Å². The van der Waals surface area contributed by atoms with Crippen molar-refractivity contribution in [2.24, 2.45) is 0 Å². The molecular formula is C12H7FN2O4S2. The minimum absolute atomic E-state index is 0.139. The summed E-state index contributed by atoms with van der Waals surface area (Å²) in [6.07, 6.45) is 0. The Bertz CT molecular complexity index is 852. The summed E-state index contributed by atoms with van der Waals surface area (Å²) in [5, 5.41) is 17.6. The first-order valence-corrected chi connectivity index (χ1v) is 7.69. The molecule has 0 saturated carbocycles. The van der Waals surface area contributed by atoms with E-state index >= 15 is 0 Å². The molecule has 0 amide bonds. The molecule has 0 aliphatic carbocycles. The molecule has 0 fully saturated rings. The maximum absolute atomic E-state index is 13.0. The zero-order valence-corrected chi connectivity index (χ0v) is 11.8. The number of carbonyl (C=O) groups is 1. The minimum atomic E-state index is -4.04. The van der Waals surface area contributed by atoms with E-state index in [1.165, 1.54) is 12.1 Å². The third kappa shape index (κ3) is 3.18. The van der Waals surface area contributed by atoms with Crippen molar-refractivity contribution in [2.75, 3.05) is 4.72 Å². The van der Waals surface area contributed by atoms with Gasteiger partial charge in [-0.25, -0.2) is 17.6 Å². The molecule has 2 aromatic rings. The molecule has 108 valence electrons. The van der Waals surface area contributed by atoms with Gasteiger partial charge in [0.05, 0.1) is 11.3 Å². The number of nitriles is 1. The van der Waals surface area contributed by atoms with Gasteiger partial charge in [0.25, 0.3) is 10.0 Å². The number of thiophene rings is 1. The highest BCUT2D eigenvalue weighted by molar-refractivity contribution is 7.94. The molecule has 6 nitrogen and oxygen atoms in total. The number of nitrogens with one attached hydrogen (secondary N) is 1. The van der Waals surface area contributed by atoms with E-state index in [-0.39, 0.29) is 14.8 Å². The normalized spacial score (nSPS) is 10.9. The van der Waals surface area contributed by atoms with Crippen LogP contribution in [0.25, 0.3) is 0 Å². The average molecular weight is 326 g/mol. The lowest BCUT2D eigenvalue weighted by Crippen LogP contribution is -2.14. The predicted octanol–water partition coefficient (Wildman–Crippen LogP) is 2.26. The minimum Gasteiger partial charge on any atom is -0.478 e. The van der Waals surface area contributed by atoms with Crippen molar-refractivity contribution in [3.63, 3.8) is 0 Å². The Hall–Kier alpha value is -2.44. The highest BCUT2D eigenvalue weighted by atomic mass is 32.2. The van der Waals surface area contributed by atoms with Gasteiger partial charge in [-0.2, -0.15) is 5.26 Å². The Balaban J connectivity index is 2.42. The van der Waals surface area contributed by atoms with E-state index in [1.54, 1.807) is 6.07 Å². The molecule has 0 bridgehead atoms. The van der Waals surface area contributed by atoms with Gasteiger partial charge in [0, 0.05) is 0 Å². The maximum Gasteiger partial charge on any atom is 0.337 e. The first-order valence-electron chi connectivity index (χ1n) is 5.39. The number of hydrogen-bond donors (Lipinski definition) is 2. The molecule has 0 aliphatic heterocycles. The standard InChI is InChI=1S/C12H7FN2O4S2/c13-7-1-3-10(9(5-7)12(16)17)15-21(18,19)11-4-2-8(6-14)20-11/h1-5,15H,(H,16,17). The summed E-state index contributed by atoms with van der Waals surface area (Å²) >= 11 is 0.743. The van der Waals surface area contributed by atoms with Crippen LogP contribution in [0.3, 0.4) is 0 Å². The number of halogens is 1. The third-order valence-corrected chi connectivity index (χ3v) is 5.26. The molecule has 0 unspecified atom stereocenters. The SMILES string of the molecule is N#Cc1ccc(S(=O)(=O)Nc2ccc(F)cc2C(=O)O)s1. The van der Waals surface area contributed by atoms with Crippen molar-refractivity contribution in [1.29, 1.82) is 5.26 Å². The van der Waals surface area contributed by atoms with Crippen molar-refractivity contribution in [1.82, 2.24) is 0 Å². The average Bonchev–Trinajstić information content (AvgIpc) is 2.90. The third-order valence-electron chi connectivity index (χ3n) is 2.41. The molecule has 2 rings (SSSR count). The van der Waals surface area contributed by atoms with E-state index in [1.807, 2.05) is 0 Å². The summed E-state index contributed by atoms with van der Waals surface area (Å²) in [6, 6.07) is 7.05. The molecule has 1 aromatic carbocycles. The van der Waals surface area contributed by atoms with Crippen LogP contribution in [0.15, 0.2) is 34.5 Å². The predicted molar refractivity (Wildman–Crippen MR) is 73.2 cm³/mol. The molecular weight excluding hydrogens is 319 g/mol. The maximum atomic E-state index is 13.0. The molecule has 0 saturated heterocycles. The number of carboxylic acids is 1. The van der Waals surface area contributed by atoms with Crippen LogP contribution < -0.4 is 4.72 Å². The lowest BCUT2D eigenvalue weighted by atomic mass is 10.2. The number of nitrogens with zero attached hydrogens (tertiary/aromatic N) is 1. The summed E-state index contributed by atoms with van der Waals surface area (Å²) < 4.78 is 39.2. The van der Waals surface area contributed by atoms with Crippen LogP contribution >= 0.6 is 11.3 Å². The first kappa shape index (κ1) is 15.0. The van der Waals surface area contributed by atoms with Gasteiger partial charge in [-0.1, -0.05) is 0 Å².